The maximum absolute atomic E-state index is 4.44. The average Bonchev–Trinajstić information content (AvgIpc) is 3.04. The summed E-state index contributed by atoms with van der Waals surface area (Å²) in [4.78, 5) is 4.17. The number of aromatic nitrogens is 1. The third-order valence-corrected chi connectivity index (χ3v) is 5.70. The smallest absolute Gasteiger partial charge is 0.0769 e. The van der Waals surface area contributed by atoms with Crippen molar-refractivity contribution in [2.45, 2.75) is 44.2 Å². The minimum absolute atomic E-state index is 0.246. The molecular weight excluding hydrogens is 252 g/mol. The highest BCUT2D eigenvalue weighted by Crippen LogP contribution is 2.51. The lowest BCUT2D eigenvalue weighted by molar-refractivity contribution is 0.297. The van der Waals surface area contributed by atoms with Crippen LogP contribution in [0.1, 0.15) is 42.5 Å². The van der Waals surface area contributed by atoms with E-state index in [4.69, 9.17) is 0 Å². The van der Waals surface area contributed by atoms with Crippen molar-refractivity contribution in [2.75, 3.05) is 4.90 Å². The minimum Gasteiger partial charge on any atom is -0.356 e. The summed E-state index contributed by atoms with van der Waals surface area (Å²) in [7, 11) is 0. The van der Waals surface area contributed by atoms with E-state index in [1.165, 1.54) is 48.2 Å². The van der Waals surface area contributed by atoms with Gasteiger partial charge in [0.05, 0.1) is 10.4 Å². The second-order valence-electron chi connectivity index (χ2n) is 5.69. The molecule has 19 heavy (non-hydrogen) atoms. The highest BCUT2D eigenvalue weighted by molar-refractivity contribution is 7.06. The fourth-order valence-corrected chi connectivity index (χ4v) is 4.78. The van der Waals surface area contributed by atoms with Crippen LogP contribution in [0.2, 0.25) is 0 Å². The SMILES string of the molecule is c1ccc(N2Cc3cnsc3C23CCCCC3)cc1. The van der Waals surface area contributed by atoms with Gasteiger partial charge in [-0.25, -0.2) is 4.37 Å². The van der Waals surface area contributed by atoms with E-state index in [-0.39, 0.29) is 5.54 Å². The normalized spacial score (nSPS) is 20.7. The van der Waals surface area contributed by atoms with Gasteiger partial charge in [0.1, 0.15) is 0 Å². The van der Waals surface area contributed by atoms with Crippen LogP contribution in [-0.2, 0) is 12.1 Å². The fourth-order valence-electron chi connectivity index (χ4n) is 3.78. The molecule has 1 aliphatic carbocycles. The molecule has 1 saturated carbocycles. The van der Waals surface area contributed by atoms with Gasteiger partial charge in [-0.3, -0.25) is 0 Å². The van der Waals surface area contributed by atoms with E-state index in [0.29, 0.717) is 0 Å². The maximum Gasteiger partial charge on any atom is 0.0769 e. The summed E-state index contributed by atoms with van der Waals surface area (Å²) in [6, 6.07) is 10.9. The van der Waals surface area contributed by atoms with Gasteiger partial charge >= 0.3 is 0 Å². The van der Waals surface area contributed by atoms with Gasteiger partial charge in [0.15, 0.2) is 0 Å². The summed E-state index contributed by atoms with van der Waals surface area (Å²) in [5.41, 5.74) is 3.07. The molecular formula is C16H18N2S. The van der Waals surface area contributed by atoms with Crippen LogP contribution in [0.15, 0.2) is 36.5 Å². The molecule has 1 aromatic carbocycles. The van der Waals surface area contributed by atoms with Crippen molar-refractivity contribution in [3.63, 3.8) is 0 Å². The largest absolute Gasteiger partial charge is 0.356 e. The predicted molar refractivity (Wildman–Crippen MR) is 79.5 cm³/mol. The number of hydrogen-bond acceptors (Lipinski definition) is 3. The first-order valence-corrected chi connectivity index (χ1v) is 7.94. The first kappa shape index (κ1) is 11.5. The Labute approximate surface area is 118 Å². The van der Waals surface area contributed by atoms with Gasteiger partial charge in [-0.2, -0.15) is 0 Å². The Bertz CT molecular complexity index is 569. The quantitative estimate of drug-likeness (QED) is 0.767. The Kier molecular flexibility index (Phi) is 2.62. The molecule has 1 aliphatic heterocycles. The molecule has 0 atom stereocenters. The highest BCUT2D eigenvalue weighted by atomic mass is 32.1. The monoisotopic (exact) mass is 270 g/mol. The van der Waals surface area contributed by atoms with Crippen LogP contribution in [0.25, 0.3) is 0 Å². The van der Waals surface area contributed by atoms with Gasteiger partial charge in [0.2, 0.25) is 0 Å². The van der Waals surface area contributed by atoms with Gasteiger partial charge < -0.3 is 4.90 Å². The Morgan fingerprint density at radius 2 is 1.84 bits per heavy atom. The van der Waals surface area contributed by atoms with Crippen LogP contribution >= 0.6 is 11.5 Å². The summed E-state index contributed by atoms with van der Waals surface area (Å²) >= 11 is 1.72. The summed E-state index contributed by atoms with van der Waals surface area (Å²) in [5.74, 6) is 0. The molecule has 1 fully saturated rings. The molecule has 3 heteroatoms. The first-order chi connectivity index (χ1) is 9.40. The zero-order valence-corrected chi connectivity index (χ0v) is 11.8. The topological polar surface area (TPSA) is 16.1 Å². The van der Waals surface area contributed by atoms with Gasteiger partial charge in [-0.15, -0.1) is 0 Å². The third kappa shape index (κ3) is 1.64. The molecule has 0 amide bonds. The van der Waals surface area contributed by atoms with Crippen LogP contribution in [0.3, 0.4) is 0 Å². The van der Waals surface area contributed by atoms with Gasteiger partial charge in [-0.1, -0.05) is 37.5 Å². The van der Waals surface area contributed by atoms with Crippen molar-refractivity contribution in [2.24, 2.45) is 0 Å². The molecule has 2 aromatic rings. The first-order valence-electron chi connectivity index (χ1n) is 7.17. The zero-order chi connectivity index (χ0) is 12.7. The molecule has 1 aromatic heterocycles. The molecule has 0 bridgehead atoms. The molecule has 98 valence electrons. The molecule has 2 aliphatic rings. The molecule has 4 rings (SSSR count). The standard InChI is InChI=1S/C16H18N2S/c1-3-7-14(8-4-1)18-12-13-11-17-19-15(13)16(18)9-5-2-6-10-16/h1,3-4,7-8,11H,2,5-6,9-10,12H2. The maximum atomic E-state index is 4.44. The highest BCUT2D eigenvalue weighted by Gasteiger charge is 2.47. The Hall–Kier alpha value is -1.35. The van der Waals surface area contributed by atoms with E-state index < -0.39 is 0 Å². The van der Waals surface area contributed by atoms with Gasteiger partial charge in [0.25, 0.3) is 0 Å². The number of anilines is 1. The molecule has 0 unspecified atom stereocenters. The van der Waals surface area contributed by atoms with Gasteiger partial charge in [0, 0.05) is 24.0 Å². The van der Waals surface area contributed by atoms with Crippen LogP contribution in [0.4, 0.5) is 5.69 Å². The van der Waals surface area contributed by atoms with Crippen LogP contribution in [0.5, 0.6) is 0 Å². The summed E-state index contributed by atoms with van der Waals surface area (Å²) in [5, 5.41) is 0. The van der Waals surface area contributed by atoms with E-state index in [9.17, 15) is 0 Å². The lowest BCUT2D eigenvalue weighted by Gasteiger charge is -2.43. The Balaban J connectivity index is 1.82. The molecule has 2 heterocycles. The Morgan fingerprint density at radius 3 is 2.63 bits per heavy atom. The molecule has 1 spiro atoms. The zero-order valence-electron chi connectivity index (χ0n) is 11.0. The third-order valence-electron chi connectivity index (χ3n) is 4.66. The van der Waals surface area contributed by atoms with E-state index in [0.717, 1.165) is 6.54 Å². The predicted octanol–water partition coefficient (Wildman–Crippen LogP) is 4.32. The van der Waals surface area contributed by atoms with Crippen LogP contribution in [0, 0.1) is 0 Å². The number of benzene rings is 1. The summed E-state index contributed by atoms with van der Waals surface area (Å²) < 4.78 is 4.44. The summed E-state index contributed by atoms with van der Waals surface area (Å²) in [6.07, 6.45) is 8.74. The number of hydrogen-bond donors (Lipinski definition) is 0. The lowest BCUT2D eigenvalue weighted by Crippen LogP contribution is -2.42. The number of fused-ring (bicyclic) bond motifs is 2. The molecule has 0 radical (unpaired) electrons. The minimum atomic E-state index is 0.246. The van der Waals surface area contributed by atoms with Crippen molar-refractivity contribution in [1.29, 1.82) is 0 Å². The van der Waals surface area contributed by atoms with E-state index in [2.05, 4.69) is 45.8 Å². The lowest BCUT2D eigenvalue weighted by atomic mass is 9.80. The number of para-hydroxylation sites is 1. The van der Waals surface area contributed by atoms with Crippen molar-refractivity contribution in [1.82, 2.24) is 4.37 Å². The van der Waals surface area contributed by atoms with Crippen molar-refractivity contribution >= 4 is 17.2 Å². The van der Waals surface area contributed by atoms with Gasteiger partial charge in [-0.05, 0) is 36.5 Å². The molecule has 0 saturated heterocycles. The van der Waals surface area contributed by atoms with E-state index >= 15 is 0 Å². The van der Waals surface area contributed by atoms with E-state index in [1.807, 2.05) is 0 Å². The Morgan fingerprint density at radius 1 is 1.05 bits per heavy atom. The number of rotatable bonds is 1. The summed E-state index contributed by atoms with van der Waals surface area (Å²) in [6.45, 7) is 1.04. The molecule has 2 nitrogen and oxygen atoms in total. The van der Waals surface area contributed by atoms with Crippen LogP contribution < -0.4 is 4.90 Å². The number of nitrogens with zero attached hydrogens (tertiary/aromatic N) is 2. The van der Waals surface area contributed by atoms with Crippen molar-refractivity contribution in [3.05, 3.63) is 47.0 Å². The second-order valence-corrected chi connectivity index (χ2v) is 6.50. The fraction of sp³-hybridized carbons (Fsp3) is 0.438. The average molecular weight is 270 g/mol. The van der Waals surface area contributed by atoms with Crippen LogP contribution in [-0.4, -0.2) is 4.37 Å². The van der Waals surface area contributed by atoms with Crippen molar-refractivity contribution < 1.29 is 0 Å². The molecule has 0 N–H and O–H groups in total. The second kappa shape index (κ2) is 4.34. The van der Waals surface area contributed by atoms with E-state index in [1.54, 1.807) is 11.5 Å². The van der Waals surface area contributed by atoms with Crippen molar-refractivity contribution in [3.8, 4) is 0 Å².